The number of ether oxygens (including phenoxy) is 1. The lowest BCUT2D eigenvalue weighted by Gasteiger charge is -2.44. The Labute approximate surface area is 111 Å². The van der Waals surface area contributed by atoms with Crippen LogP contribution in [0.4, 0.5) is 0 Å². The van der Waals surface area contributed by atoms with Gasteiger partial charge in [0.25, 0.3) is 0 Å². The molecule has 4 heteroatoms. The Morgan fingerprint density at radius 1 is 1.22 bits per heavy atom. The van der Waals surface area contributed by atoms with E-state index in [9.17, 15) is 5.11 Å². The summed E-state index contributed by atoms with van der Waals surface area (Å²) < 4.78 is 5.75. The Balaban J connectivity index is 1.90. The van der Waals surface area contributed by atoms with Crippen LogP contribution < -0.4 is 0 Å². The van der Waals surface area contributed by atoms with Crippen molar-refractivity contribution >= 4 is 0 Å². The molecule has 0 bridgehead atoms. The van der Waals surface area contributed by atoms with Crippen LogP contribution >= 0.6 is 0 Å². The van der Waals surface area contributed by atoms with Gasteiger partial charge in [-0.05, 0) is 39.8 Å². The number of likely N-dealkylation sites (N-methyl/N-ethyl adjacent to an activating group) is 1. The van der Waals surface area contributed by atoms with E-state index < -0.39 is 5.60 Å². The van der Waals surface area contributed by atoms with Crippen LogP contribution in [0.15, 0.2) is 0 Å². The van der Waals surface area contributed by atoms with E-state index in [-0.39, 0.29) is 12.2 Å². The summed E-state index contributed by atoms with van der Waals surface area (Å²) in [5, 5.41) is 10.8. The number of morpholine rings is 1. The topological polar surface area (TPSA) is 35.9 Å². The van der Waals surface area contributed by atoms with Gasteiger partial charge in [-0.3, -0.25) is 4.90 Å². The van der Waals surface area contributed by atoms with Gasteiger partial charge in [-0.2, -0.15) is 0 Å². The molecule has 1 N–H and O–H groups in total. The van der Waals surface area contributed by atoms with Gasteiger partial charge in [0.05, 0.1) is 17.8 Å². The zero-order valence-electron chi connectivity index (χ0n) is 12.1. The molecule has 0 aromatic rings. The number of nitrogens with zero attached hydrogens (tertiary/aromatic N) is 2. The van der Waals surface area contributed by atoms with Crippen molar-refractivity contribution in [1.82, 2.24) is 9.80 Å². The van der Waals surface area contributed by atoms with Crippen molar-refractivity contribution in [2.45, 2.75) is 51.4 Å². The first-order valence-corrected chi connectivity index (χ1v) is 7.33. The van der Waals surface area contributed by atoms with Crippen LogP contribution in [0.1, 0.15) is 33.6 Å². The fourth-order valence-corrected chi connectivity index (χ4v) is 3.43. The first kappa shape index (κ1) is 14.3. The molecule has 0 saturated carbocycles. The second kappa shape index (κ2) is 5.87. The Kier molecular flexibility index (Phi) is 4.64. The second-order valence-electron chi connectivity index (χ2n) is 6.15. The lowest BCUT2D eigenvalue weighted by atomic mass is 9.91. The minimum absolute atomic E-state index is 0.281. The Morgan fingerprint density at radius 3 is 2.50 bits per heavy atom. The van der Waals surface area contributed by atoms with E-state index in [0.29, 0.717) is 0 Å². The molecule has 106 valence electrons. The van der Waals surface area contributed by atoms with Crippen molar-refractivity contribution in [2.75, 3.05) is 39.3 Å². The van der Waals surface area contributed by atoms with Gasteiger partial charge < -0.3 is 14.7 Å². The molecule has 0 aromatic carbocycles. The van der Waals surface area contributed by atoms with E-state index in [2.05, 4.69) is 30.6 Å². The molecule has 0 amide bonds. The van der Waals surface area contributed by atoms with Gasteiger partial charge in [0.15, 0.2) is 0 Å². The summed E-state index contributed by atoms with van der Waals surface area (Å²) in [7, 11) is 0. The fourth-order valence-electron chi connectivity index (χ4n) is 3.43. The number of aliphatic hydroxyl groups is 1. The SMILES string of the molecule is CCN1CCC[C@](O)(CN2C[C@H](C)O[C@@H](C)C2)C1. The molecule has 0 aliphatic carbocycles. The molecule has 2 fully saturated rings. The third kappa shape index (κ3) is 3.67. The van der Waals surface area contributed by atoms with Crippen LogP contribution in [-0.4, -0.2) is 72.0 Å². The average molecular weight is 256 g/mol. The summed E-state index contributed by atoms with van der Waals surface area (Å²) in [6, 6.07) is 0. The summed E-state index contributed by atoms with van der Waals surface area (Å²) in [4.78, 5) is 4.73. The molecule has 0 radical (unpaired) electrons. The number of hydrogen-bond donors (Lipinski definition) is 1. The summed E-state index contributed by atoms with van der Waals surface area (Å²) in [6.07, 6.45) is 2.61. The minimum atomic E-state index is -0.523. The highest BCUT2D eigenvalue weighted by Crippen LogP contribution is 2.23. The lowest BCUT2D eigenvalue weighted by Crippen LogP contribution is -2.57. The molecule has 2 heterocycles. The van der Waals surface area contributed by atoms with Crippen molar-refractivity contribution in [1.29, 1.82) is 0 Å². The number of hydrogen-bond acceptors (Lipinski definition) is 4. The normalized spacial score (nSPS) is 40.0. The van der Waals surface area contributed by atoms with E-state index in [4.69, 9.17) is 4.74 Å². The Morgan fingerprint density at radius 2 is 1.89 bits per heavy atom. The maximum atomic E-state index is 10.8. The van der Waals surface area contributed by atoms with Crippen molar-refractivity contribution in [3.8, 4) is 0 Å². The number of rotatable bonds is 3. The lowest BCUT2D eigenvalue weighted by molar-refractivity contribution is -0.106. The van der Waals surface area contributed by atoms with E-state index in [1.165, 1.54) is 0 Å². The van der Waals surface area contributed by atoms with Gasteiger partial charge in [0.1, 0.15) is 0 Å². The van der Waals surface area contributed by atoms with E-state index in [0.717, 1.165) is 52.1 Å². The summed E-state index contributed by atoms with van der Waals surface area (Å²) in [5.74, 6) is 0. The standard InChI is InChI=1S/C14H28N2O2/c1-4-15-7-5-6-14(17,10-15)11-16-8-12(2)18-13(3)9-16/h12-13,17H,4-11H2,1-3H3/t12-,13-,14+/m0/s1. The number of piperidine rings is 1. The first-order chi connectivity index (χ1) is 8.50. The number of β-amino-alcohol motifs (C(OH)–C–C–N with tert-alkyl or cyclic N) is 1. The van der Waals surface area contributed by atoms with E-state index in [1.54, 1.807) is 0 Å². The predicted octanol–water partition coefficient (Wildman–Crippen LogP) is 0.942. The maximum Gasteiger partial charge on any atom is 0.0900 e. The molecular formula is C14H28N2O2. The van der Waals surface area contributed by atoms with Crippen molar-refractivity contribution in [3.05, 3.63) is 0 Å². The van der Waals surface area contributed by atoms with Gasteiger partial charge in [-0.15, -0.1) is 0 Å². The van der Waals surface area contributed by atoms with Gasteiger partial charge in [0.2, 0.25) is 0 Å². The zero-order chi connectivity index (χ0) is 13.2. The highest BCUT2D eigenvalue weighted by molar-refractivity contribution is 4.91. The van der Waals surface area contributed by atoms with Gasteiger partial charge in [-0.1, -0.05) is 6.92 Å². The molecule has 0 aromatic heterocycles. The molecule has 0 unspecified atom stereocenters. The first-order valence-electron chi connectivity index (χ1n) is 7.33. The molecule has 2 saturated heterocycles. The number of likely N-dealkylation sites (tertiary alicyclic amines) is 1. The molecule has 2 aliphatic rings. The fraction of sp³-hybridized carbons (Fsp3) is 1.00. The van der Waals surface area contributed by atoms with Gasteiger partial charge in [-0.25, -0.2) is 0 Å². The largest absolute Gasteiger partial charge is 0.387 e. The second-order valence-corrected chi connectivity index (χ2v) is 6.15. The molecule has 2 aliphatic heterocycles. The van der Waals surface area contributed by atoms with Crippen molar-refractivity contribution in [2.24, 2.45) is 0 Å². The van der Waals surface area contributed by atoms with Crippen LogP contribution in [-0.2, 0) is 4.74 Å². The maximum absolute atomic E-state index is 10.8. The summed E-state index contributed by atoms with van der Waals surface area (Å²) >= 11 is 0. The molecule has 4 nitrogen and oxygen atoms in total. The van der Waals surface area contributed by atoms with Crippen LogP contribution in [0.3, 0.4) is 0 Å². The molecule has 0 spiro atoms. The minimum Gasteiger partial charge on any atom is -0.387 e. The van der Waals surface area contributed by atoms with Crippen molar-refractivity contribution < 1.29 is 9.84 Å². The van der Waals surface area contributed by atoms with E-state index in [1.807, 2.05) is 0 Å². The van der Waals surface area contributed by atoms with Crippen LogP contribution in [0.5, 0.6) is 0 Å². The third-order valence-corrected chi connectivity index (χ3v) is 4.09. The third-order valence-electron chi connectivity index (χ3n) is 4.09. The highest BCUT2D eigenvalue weighted by Gasteiger charge is 2.36. The molecule has 18 heavy (non-hydrogen) atoms. The van der Waals surface area contributed by atoms with E-state index >= 15 is 0 Å². The van der Waals surface area contributed by atoms with Crippen molar-refractivity contribution in [3.63, 3.8) is 0 Å². The highest BCUT2D eigenvalue weighted by atomic mass is 16.5. The smallest absolute Gasteiger partial charge is 0.0900 e. The van der Waals surface area contributed by atoms with Crippen LogP contribution in [0, 0.1) is 0 Å². The molecule has 2 rings (SSSR count). The Bertz CT molecular complexity index is 265. The Hall–Kier alpha value is -0.160. The molecular weight excluding hydrogens is 228 g/mol. The predicted molar refractivity (Wildman–Crippen MR) is 72.7 cm³/mol. The van der Waals surface area contributed by atoms with Gasteiger partial charge >= 0.3 is 0 Å². The van der Waals surface area contributed by atoms with Crippen LogP contribution in [0.2, 0.25) is 0 Å². The quantitative estimate of drug-likeness (QED) is 0.815. The van der Waals surface area contributed by atoms with Gasteiger partial charge in [0, 0.05) is 26.2 Å². The average Bonchev–Trinajstić information content (AvgIpc) is 2.26. The van der Waals surface area contributed by atoms with Crippen LogP contribution in [0.25, 0.3) is 0 Å². The molecule has 3 atom stereocenters. The summed E-state index contributed by atoms with van der Waals surface area (Å²) in [5.41, 5.74) is -0.523. The summed E-state index contributed by atoms with van der Waals surface area (Å²) in [6.45, 7) is 12.1. The zero-order valence-corrected chi connectivity index (χ0v) is 12.1. The monoisotopic (exact) mass is 256 g/mol.